The molecule has 3 aromatic carbocycles. The molecule has 0 saturated heterocycles. The number of hydrogen-bond acceptors (Lipinski definition) is 23. The van der Waals surface area contributed by atoms with Gasteiger partial charge in [-0.25, -0.2) is 14.4 Å². The fraction of sp³-hybridized carbons (Fsp3) is 0.296. The van der Waals surface area contributed by atoms with Crippen molar-refractivity contribution in [2.24, 2.45) is 38.3 Å². The van der Waals surface area contributed by atoms with E-state index < -0.39 is 69.8 Å². The lowest BCUT2D eigenvalue weighted by Gasteiger charge is -2.11. The number of tetrazole rings is 3. The third-order valence-corrected chi connectivity index (χ3v) is 13.9. The number of carbonyl (C=O) groups excluding carboxylic acids is 3. The number of rotatable bonds is 18. The molecule has 89 heavy (non-hydrogen) atoms. The average Bonchev–Trinajstić information content (AvgIpc) is 2.74. The molecule has 0 aliphatic carbocycles. The van der Waals surface area contributed by atoms with Crippen molar-refractivity contribution in [1.82, 2.24) is 88.0 Å². The van der Waals surface area contributed by atoms with Gasteiger partial charge in [0.25, 0.3) is 34.4 Å². The number of primary amides is 3. The Balaban J connectivity index is 0.000000159. The van der Waals surface area contributed by atoms with E-state index in [1.165, 1.54) is 35.5 Å². The number of aryl methyl sites for hydroxylation is 2. The first kappa shape index (κ1) is 62.1. The lowest BCUT2D eigenvalue weighted by molar-refractivity contribution is 0.0988. The number of carbonyl (C=O) groups is 3. The zero-order chi connectivity index (χ0) is 64.1. The molecule has 1 aliphatic rings. The molecule has 1 aliphatic heterocycles. The molecule has 0 unspecified atom stereocenters. The van der Waals surface area contributed by atoms with Gasteiger partial charge in [0.2, 0.25) is 0 Å². The Kier molecular flexibility index (Phi) is 18.2. The first-order valence-electron chi connectivity index (χ1n) is 26.8. The number of hydrogen-bond donors (Lipinski definition) is 6. The number of nitrogens with two attached hydrogens (primary N) is 3. The van der Waals surface area contributed by atoms with Crippen LogP contribution in [0.15, 0.2) is 119 Å². The summed E-state index contributed by atoms with van der Waals surface area (Å²) in [5.74, 6) is -1.23. The molecule has 11 rings (SSSR count). The summed E-state index contributed by atoms with van der Waals surface area (Å²) in [6.45, 7) is 4.22. The first-order chi connectivity index (χ1) is 42.3. The van der Waals surface area contributed by atoms with Crippen LogP contribution in [0.1, 0.15) is 100 Å². The molecule has 10 aromatic rings. The van der Waals surface area contributed by atoms with Crippen LogP contribution >= 0.6 is 0 Å². The lowest BCUT2D eigenvalue weighted by Crippen LogP contribution is -2.42. The second-order valence-electron chi connectivity index (χ2n) is 20.4. The molecule has 3 amide bonds. The predicted molar refractivity (Wildman–Crippen MR) is 307 cm³/mol. The molecule has 0 saturated carbocycles. The van der Waals surface area contributed by atoms with Gasteiger partial charge in [-0.15, -0.1) is 30.6 Å². The first-order valence-corrected chi connectivity index (χ1v) is 26.8. The number of nitrogens with zero attached hydrogens (tertiary/aromatic N) is 18. The largest absolute Gasteiger partial charge is 0.493 e. The van der Waals surface area contributed by atoms with E-state index >= 15 is 0 Å². The molecule has 9 N–H and O–H groups in total. The minimum Gasteiger partial charge on any atom is -0.493 e. The minimum atomic E-state index is -1.02. The van der Waals surface area contributed by atoms with E-state index in [1.807, 2.05) is 68.4 Å². The standard InChI is InChI=1S/C19H19N7O5.C18H19N7O5.C17H19N7O4/c1-10-3-4-11-6-15(31-14(11)5-10)13(27)8-26-22-16(21-23-26)9-25-7-12(17(20)28)18(29)24(2)19(25)30;1-23-17(28)12(16(19)27)7-24(18(23)29)9-15-20-22-25(21-15)8-13(26)11-3-2-10-4-5-30-14(10)6-11;1-10-3-5-11(6-4-10)13(25)8-24-20-14(19-21-24)9-23-7-12(15(18)26)16(27)22(2)17(23)28/h3-7,13,27H,8-9H2,1-2H3,(H2,20,28);2-3,6-7,13,26H,4-5,8-9H2,1H3,(H2,19,27);3-7,13,25H,8-9H2,1-2H3,(H2,18,26)/t3*13-/m000/s1. The van der Waals surface area contributed by atoms with Gasteiger partial charge in [-0.2, -0.15) is 14.4 Å². The predicted octanol–water partition coefficient (Wildman–Crippen LogP) is -3.46. The van der Waals surface area contributed by atoms with E-state index in [4.69, 9.17) is 26.4 Å². The molecule has 0 fully saturated rings. The van der Waals surface area contributed by atoms with Crippen LogP contribution in [0.3, 0.4) is 0 Å². The molecule has 0 spiro atoms. The van der Waals surface area contributed by atoms with Crippen molar-refractivity contribution in [3.05, 3.63) is 216 Å². The van der Waals surface area contributed by atoms with Crippen molar-refractivity contribution in [1.29, 1.82) is 0 Å². The van der Waals surface area contributed by atoms with E-state index in [1.54, 1.807) is 12.1 Å². The number of amides is 3. The van der Waals surface area contributed by atoms with Gasteiger partial charge in [0.05, 0.1) is 45.9 Å². The monoisotopic (exact) mass is 1220 g/mol. The van der Waals surface area contributed by atoms with Gasteiger partial charge in [0.15, 0.2) is 17.5 Å². The van der Waals surface area contributed by atoms with Crippen LogP contribution < -0.4 is 55.7 Å². The Hall–Kier alpha value is -11.5. The summed E-state index contributed by atoms with van der Waals surface area (Å²) in [4.78, 5) is 110. The van der Waals surface area contributed by atoms with Crippen LogP contribution in [0.5, 0.6) is 5.75 Å². The topological polar surface area (TPSA) is 475 Å². The van der Waals surface area contributed by atoms with Crippen molar-refractivity contribution in [2.75, 3.05) is 6.61 Å². The van der Waals surface area contributed by atoms with Gasteiger partial charge < -0.3 is 41.7 Å². The quantitative estimate of drug-likeness (QED) is 0.0486. The highest BCUT2D eigenvalue weighted by Crippen LogP contribution is 2.29. The maximum Gasteiger partial charge on any atom is 0.331 e. The highest BCUT2D eigenvalue weighted by molar-refractivity contribution is 5.93. The highest BCUT2D eigenvalue weighted by Gasteiger charge is 2.22. The minimum absolute atomic E-state index is 0.0273. The Bertz CT molecular complexity index is 4710. The zero-order valence-electron chi connectivity index (χ0n) is 48.1. The smallest absolute Gasteiger partial charge is 0.331 e. The number of aliphatic hydroxyl groups excluding tert-OH is 3. The number of fused-ring (bicyclic) bond motifs is 2. The van der Waals surface area contributed by atoms with Gasteiger partial charge >= 0.3 is 17.1 Å². The third kappa shape index (κ3) is 14.1. The van der Waals surface area contributed by atoms with Crippen LogP contribution in [-0.4, -0.2) is 128 Å². The Morgan fingerprint density at radius 3 is 1.37 bits per heavy atom. The molecule has 7 aromatic heterocycles. The molecule has 35 nitrogen and oxygen atoms in total. The third-order valence-electron chi connectivity index (χ3n) is 13.9. The molecule has 8 heterocycles. The Morgan fingerprint density at radius 1 is 0.528 bits per heavy atom. The van der Waals surface area contributed by atoms with Crippen LogP contribution in [0.2, 0.25) is 0 Å². The van der Waals surface area contributed by atoms with Crippen LogP contribution in [-0.2, 0) is 66.8 Å². The number of benzene rings is 3. The second-order valence-corrected chi connectivity index (χ2v) is 20.4. The van der Waals surface area contributed by atoms with Crippen molar-refractivity contribution in [2.45, 2.75) is 77.8 Å². The summed E-state index contributed by atoms with van der Waals surface area (Å²) >= 11 is 0. The summed E-state index contributed by atoms with van der Waals surface area (Å²) in [6.07, 6.45) is 1.34. The van der Waals surface area contributed by atoms with Gasteiger partial charge in [0.1, 0.15) is 52.1 Å². The maximum absolute atomic E-state index is 12.3. The second kappa shape index (κ2) is 26.0. The Morgan fingerprint density at radius 2 is 0.933 bits per heavy atom. The molecular formula is C54H57N21O14. The number of ether oxygens (including phenoxy) is 1. The average molecular weight is 1220 g/mol. The summed E-state index contributed by atoms with van der Waals surface area (Å²) in [6, 6.07) is 20.4. The Labute approximate surface area is 498 Å². The fourth-order valence-corrected chi connectivity index (χ4v) is 9.00. The number of aromatic nitrogens is 18. The van der Waals surface area contributed by atoms with E-state index in [0.29, 0.717) is 29.1 Å². The summed E-state index contributed by atoms with van der Waals surface area (Å²) in [5, 5.41) is 67.7. The number of aliphatic hydroxyl groups is 3. The van der Waals surface area contributed by atoms with E-state index in [9.17, 15) is 58.5 Å². The van der Waals surface area contributed by atoms with Crippen molar-refractivity contribution >= 4 is 28.7 Å². The fourth-order valence-electron chi connectivity index (χ4n) is 9.00. The van der Waals surface area contributed by atoms with E-state index in [2.05, 4.69) is 46.2 Å². The molecule has 0 bridgehead atoms. The van der Waals surface area contributed by atoms with E-state index in [0.717, 1.165) is 80.2 Å². The zero-order valence-corrected chi connectivity index (χ0v) is 48.1. The van der Waals surface area contributed by atoms with Gasteiger partial charge in [-0.1, -0.05) is 54.1 Å². The number of furan rings is 1. The molecular weight excluding hydrogens is 1170 g/mol. The summed E-state index contributed by atoms with van der Waals surface area (Å²) in [5.41, 5.74) is 15.6. The summed E-state index contributed by atoms with van der Waals surface area (Å²) < 4.78 is 16.8. The van der Waals surface area contributed by atoms with Gasteiger partial charge in [-0.05, 0) is 69.9 Å². The normalized spacial score (nSPS) is 12.7. The SMILES string of the molecule is Cc1ccc([C@@H](O)Cn2nnc(Cn3cc(C(N)=O)c(=O)n(C)c3=O)n2)cc1.Cc1ccc2cc([C@@H](O)Cn3nnc(Cn4cc(C(N)=O)c(=O)n(C)c4=O)n3)oc2c1.Cn1c(=O)c(C(N)=O)cn(Cc2nnn(C[C@H](O)c3ccc4c(c3)OCC4)n2)c1=O. The molecule has 3 atom stereocenters. The molecule has 462 valence electrons. The molecule has 0 radical (unpaired) electrons. The highest BCUT2D eigenvalue weighted by atomic mass is 16.5. The van der Waals surface area contributed by atoms with Gasteiger partial charge in [-0.3, -0.25) is 56.2 Å². The van der Waals surface area contributed by atoms with Crippen LogP contribution in [0, 0.1) is 13.8 Å². The molecule has 35 heteroatoms. The van der Waals surface area contributed by atoms with Crippen molar-refractivity contribution in [3.63, 3.8) is 0 Å². The maximum atomic E-state index is 12.3. The van der Waals surface area contributed by atoms with E-state index in [-0.39, 0.29) is 73.4 Å². The van der Waals surface area contributed by atoms with Crippen molar-refractivity contribution in [3.8, 4) is 5.75 Å². The van der Waals surface area contributed by atoms with Crippen molar-refractivity contribution < 1.29 is 38.9 Å². The van der Waals surface area contributed by atoms with Gasteiger partial charge in [0, 0.05) is 51.5 Å². The van der Waals surface area contributed by atoms with Crippen LogP contribution in [0.4, 0.5) is 0 Å². The summed E-state index contributed by atoms with van der Waals surface area (Å²) in [7, 11) is 3.73. The lowest BCUT2D eigenvalue weighted by atomic mass is 10.1. The van der Waals surface area contributed by atoms with Crippen LogP contribution in [0.25, 0.3) is 11.0 Å².